The van der Waals surface area contributed by atoms with Gasteiger partial charge in [0.25, 0.3) is 6.43 Å². The number of ether oxygens (including phenoxy) is 2. The molecule has 0 bridgehead atoms. The van der Waals surface area contributed by atoms with Gasteiger partial charge in [0.1, 0.15) is 29.2 Å². The number of alkyl halides is 2. The van der Waals surface area contributed by atoms with Crippen molar-refractivity contribution in [3.05, 3.63) is 53.2 Å². The molecule has 196 valence electrons. The van der Waals surface area contributed by atoms with Gasteiger partial charge in [0, 0.05) is 17.0 Å². The fourth-order valence-corrected chi connectivity index (χ4v) is 4.54. The minimum Gasteiger partial charge on any atom is -0.471 e. The number of pyridine rings is 1. The van der Waals surface area contributed by atoms with Crippen LogP contribution in [0, 0.1) is 12.7 Å². The minimum atomic E-state index is -2.91. The van der Waals surface area contributed by atoms with Gasteiger partial charge in [-0.05, 0) is 40.0 Å². The third kappa shape index (κ3) is 5.12. The number of carbonyl (C=O) groups excluding carboxylic acids is 1. The standard InChI is InChI=1S/C26H28F3N5O3/c1-14(17-6-4-7-18(22(17)27)23(28)29)31-24-19-10-21(30-11-20(19)32-15(2)33-24)36-16-12-34(13-16)25(35)37-26(3)8-5-9-26/h4,6-7,10-11,14,16,23H,5,8-9,12-13H2,1-3H3,(H,31,32,33)/t14-/m1/s1. The molecular formula is C26H28F3N5O3. The second kappa shape index (κ2) is 9.68. The van der Waals surface area contributed by atoms with Crippen LogP contribution < -0.4 is 10.1 Å². The van der Waals surface area contributed by atoms with E-state index in [1.54, 1.807) is 31.0 Å². The molecule has 1 saturated heterocycles. The number of likely N-dealkylation sites (tertiary alicyclic amines) is 1. The zero-order valence-electron chi connectivity index (χ0n) is 20.8. The summed E-state index contributed by atoms with van der Waals surface area (Å²) in [5.74, 6) is 0.243. The minimum absolute atomic E-state index is 0.102. The molecular weight excluding hydrogens is 487 g/mol. The number of hydrogen-bond acceptors (Lipinski definition) is 7. The van der Waals surface area contributed by atoms with E-state index in [1.165, 1.54) is 12.1 Å². The Morgan fingerprint density at radius 2 is 1.95 bits per heavy atom. The van der Waals surface area contributed by atoms with Crippen LogP contribution in [0.3, 0.4) is 0 Å². The van der Waals surface area contributed by atoms with Crippen LogP contribution in [0.25, 0.3) is 10.9 Å². The first-order valence-corrected chi connectivity index (χ1v) is 12.2. The zero-order chi connectivity index (χ0) is 26.3. The van der Waals surface area contributed by atoms with Gasteiger partial charge in [-0.1, -0.05) is 18.2 Å². The summed E-state index contributed by atoms with van der Waals surface area (Å²) in [7, 11) is 0. The summed E-state index contributed by atoms with van der Waals surface area (Å²) in [6, 6.07) is 4.96. The van der Waals surface area contributed by atoms with Crippen LogP contribution in [0.1, 0.15) is 62.5 Å². The topological polar surface area (TPSA) is 89.5 Å². The van der Waals surface area contributed by atoms with Crippen molar-refractivity contribution in [2.75, 3.05) is 18.4 Å². The third-order valence-corrected chi connectivity index (χ3v) is 6.92. The van der Waals surface area contributed by atoms with Crippen molar-refractivity contribution in [3.63, 3.8) is 0 Å². The van der Waals surface area contributed by atoms with E-state index in [0.29, 0.717) is 41.5 Å². The van der Waals surface area contributed by atoms with Gasteiger partial charge in [0.15, 0.2) is 0 Å². The van der Waals surface area contributed by atoms with Crippen molar-refractivity contribution in [3.8, 4) is 5.88 Å². The van der Waals surface area contributed by atoms with Crippen LogP contribution in [0.5, 0.6) is 5.88 Å². The highest BCUT2D eigenvalue weighted by Gasteiger charge is 2.40. The molecule has 2 fully saturated rings. The summed E-state index contributed by atoms with van der Waals surface area (Å²) in [6.45, 7) is 6.11. The largest absolute Gasteiger partial charge is 0.471 e. The number of fused-ring (bicyclic) bond motifs is 1. The molecule has 1 aromatic carbocycles. The lowest BCUT2D eigenvalue weighted by molar-refractivity contribution is -0.0684. The maximum absolute atomic E-state index is 14.7. The lowest BCUT2D eigenvalue weighted by Crippen LogP contribution is -2.58. The number of aryl methyl sites for hydroxylation is 1. The number of halogens is 3. The van der Waals surface area contributed by atoms with Crippen LogP contribution in [0.15, 0.2) is 30.5 Å². The molecule has 11 heteroatoms. The molecule has 1 aliphatic carbocycles. The fraction of sp³-hybridized carbons (Fsp3) is 0.462. The predicted molar refractivity (Wildman–Crippen MR) is 130 cm³/mol. The van der Waals surface area contributed by atoms with Gasteiger partial charge in [-0.15, -0.1) is 0 Å². The van der Waals surface area contributed by atoms with Crippen molar-refractivity contribution < 1.29 is 27.4 Å². The van der Waals surface area contributed by atoms with E-state index in [4.69, 9.17) is 9.47 Å². The molecule has 5 rings (SSSR count). The van der Waals surface area contributed by atoms with Gasteiger partial charge in [0.2, 0.25) is 5.88 Å². The SMILES string of the molecule is Cc1nc(N[C@H](C)c2cccc(C(F)F)c2F)c2cc(OC3CN(C(=O)OC4(C)CCC4)C3)ncc2n1. The highest BCUT2D eigenvalue weighted by molar-refractivity contribution is 5.89. The van der Waals surface area contributed by atoms with Crippen LogP contribution in [-0.2, 0) is 4.74 Å². The summed E-state index contributed by atoms with van der Waals surface area (Å²) in [5, 5.41) is 3.71. The Morgan fingerprint density at radius 1 is 1.22 bits per heavy atom. The molecule has 1 saturated carbocycles. The second-order valence-electron chi connectivity index (χ2n) is 9.89. The summed E-state index contributed by atoms with van der Waals surface area (Å²) in [6.07, 6.45) is 0.906. The molecule has 1 N–H and O–H groups in total. The maximum Gasteiger partial charge on any atom is 0.410 e. The van der Waals surface area contributed by atoms with Crippen LogP contribution in [-0.4, -0.2) is 50.7 Å². The highest BCUT2D eigenvalue weighted by atomic mass is 19.3. The van der Waals surface area contributed by atoms with Crippen molar-refractivity contribution in [2.24, 2.45) is 0 Å². The summed E-state index contributed by atoms with van der Waals surface area (Å²) >= 11 is 0. The van der Waals surface area contributed by atoms with Crippen molar-refractivity contribution in [2.45, 2.75) is 64.2 Å². The molecule has 1 amide bonds. The lowest BCUT2D eigenvalue weighted by atomic mass is 9.82. The normalized spacial score (nSPS) is 17.8. The number of rotatable bonds is 7. The lowest BCUT2D eigenvalue weighted by Gasteiger charge is -2.43. The molecule has 1 aliphatic heterocycles. The number of nitrogens with zero attached hydrogens (tertiary/aromatic N) is 4. The Morgan fingerprint density at radius 3 is 2.62 bits per heavy atom. The summed E-state index contributed by atoms with van der Waals surface area (Å²) in [4.78, 5) is 27.1. The predicted octanol–water partition coefficient (Wildman–Crippen LogP) is 5.73. The van der Waals surface area contributed by atoms with Crippen LogP contribution in [0.2, 0.25) is 0 Å². The van der Waals surface area contributed by atoms with Gasteiger partial charge in [0.05, 0.1) is 36.4 Å². The maximum atomic E-state index is 14.7. The smallest absolute Gasteiger partial charge is 0.410 e. The van der Waals surface area contributed by atoms with Crippen LogP contribution >= 0.6 is 0 Å². The number of hydrogen-bond donors (Lipinski definition) is 1. The fourth-order valence-electron chi connectivity index (χ4n) is 4.54. The van der Waals surface area contributed by atoms with Crippen molar-refractivity contribution in [1.29, 1.82) is 0 Å². The second-order valence-corrected chi connectivity index (χ2v) is 9.89. The quantitative estimate of drug-likeness (QED) is 0.430. The number of carbonyl (C=O) groups is 1. The number of benzene rings is 1. The van der Waals surface area contributed by atoms with E-state index in [0.717, 1.165) is 25.3 Å². The number of nitrogens with one attached hydrogen (secondary N) is 1. The Bertz CT molecular complexity index is 1330. The first-order chi connectivity index (χ1) is 17.6. The Labute approximate surface area is 212 Å². The zero-order valence-corrected chi connectivity index (χ0v) is 20.8. The van der Waals surface area contributed by atoms with Gasteiger partial charge in [-0.3, -0.25) is 0 Å². The molecule has 0 spiro atoms. The number of aromatic nitrogens is 3. The number of amides is 1. The monoisotopic (exact) mass is 515 g/mol. The number of anilines is 1. The average Bonchev–Trinajstić information content (AvgIpc) is 2.80. The molecule has 0 unspecified atom stereocenters. The van der Waals surface area contributed by atoms with E-state index < -0.39 is 23.8 Å². The van der Waals surface area contributed by atoms with E-state index in [1.807, 2.05) is 6.92 Å². The van der Waals surface area contributed by atoms with Gasteiger partial charge >= 0.3 is 6.09 Å². The Hall–Kier alpha value is -3.63. The molecule has 0 radical (unpaired) electrons. The summed E-state index contributed by atoms with van der Waals surface area (Å²) in [5.41, 5.74) is -0.352. The van der Waals surface area contributed by atoms with E-state index in [9.17, 15) is 18.0 Å². The van der Waals surface area contributed by atoms with Gasteiger partial charge < -0.3 is 19.7 Å². The van der Waals surface area contributed by atoms with Gasteiger partial charge in [-0.2, -0.15) is 0 Å². The first-order valence-electron chi connectivity index (χ1n) is 12.2. The van der Waals surface area contributed by atoms with E-state index in [2.05, 4.69) is 20.3 Å². The van der Waals surface area contributed by atoms with Crippen molar-refractivity contribution in [1.82, 2.24) is 19.9 Å². The Balaban J connectivity index is 1.30. The molecule has 3 heterocycles. The first kappa shape index (κ1) is 25.0. The van der Waals surface area contributed by atoms with Crippen LogP contribution in [0.4, 0.5) is 23.8 Å². The molecule has 8 nitrogen and oxygen atoms in total. The molecule has 2 aliphatic rings. The molecule has 37 heavy (non-hydrogen) atoms. The Kier molecular flexibility index (Phi) is 6.55. The summed E-state index contributed by atoms with van der Waals surface area (Å²) < 4.78 is 52.6. The molecule has 2 aromatic heterocycles. The van der Waals surface area contributed by atoms with Crippen molar-refractivity contribution >= 4 is 22.8 Å². The molecule has 1 atom stereocenters. The third-order valence-electron chi connectivity index (χ3n) is 6.92. The molecule has 3 aromatic rings. The highest BCUT2D eigenvalue weighted by Crippen LogP contribution is 2.36. The van der Waals surface area contributed by atoms with E-state index in [-0.39, 0.29) is 23.4 Å². The van der Waals surface area contributed by atoms with Gasteiger partial charge in [-0.25, -0.2) is 32.9 Å². The van der Waals surface area contributed by atoms with E-state index >= 15 is 0 Å². The average molecular weight is 516 g/mol.